The Morgan fingerprint density at radius 3 is 1.88 bits per heavy atom. The van der Waals surface area contributed by atoms with Crippen molar-refractivity contribution >= 4 is 10.8 Å². The zero-order valence-electron chi connectivity index (χ0n) is 17.5. The maximum Gasteiger partial charge on any atom is 0.387 e. The van der Waals surface area contributed by atoms with Crippen molar-refractivity contribution in [2.24, 2.45) is 0 Å². The SMILES string of the molecule is CCCCc1ccc2cc(-c3ccc(-c4cc(F)c(OC(F)F)c(F)c4)cc3)ccc2c1. The molecule has 0 amide bonds. The van der Waals surface area contributed by atoms with E-state index < -0.39 is 24.0 Å². The average Bonchev–Trinajstić information content (AvgIpc) is 2.79. The van der Waals surface area contributed by atoms with Crippen LogP contribution < -0.4 is 4.74 Å². The summed E-state index contributed by atoms with van der Waals surface area (Å²) >= 11 is 0. The highest BCUT2D eigenvalue weighted by Gasteiger charge is 2.17. The van der Waals surface area contributed by atoms with Crippen molar-refractivity contribution < 1.29 is 22.3 Å². The van der Waals surface area contributed by atoms with Crippen LogP contribution in [0.3, 0.4) is 0 Å². The zero-order valence-corrected chi connectivity index (χ0v) is 17.5. The number of hydrogen-bond donors (Lipinski definition) is 0. The van der Waals surface area contributed by atoms with Crippen molar-refractivity contribution in [3.63, 3.8) is 0 Å². The maximum atomic E-state index is 14.0. The maximum absolute atomic E-state index is 14.0. The Hall–Kier alpha value is -3.34. The molecule has 0 fully saturated rings. The second kappa shape index (κ2) is 9.43. The van der Waals surface area contributed by atoms with E-state index in [0.717, 1.165) is 35.1 Å². The van der Waals surface area contributed by atoms with Crippen molar-refractivity contribution in [3.8, 4) is 28.0 Å². The van der Waals surface area contributed by atoms with Crippen LogP contribution in [0.25, 0.3) is 33.0 Å². The summed E-state index contributed by atoms with van der Waals surface area (Å²) in [4.78, 5) is 0. The highest BCUT2D eigenvalue weighted by atomic mass is 19.3. The Balaban J connectivity index is 1.59. The largest absolute Gasteiger partial charge is 0.429 e. The van der Waals surface area contributed by atoms with E-state index in [1.54, 1.807) is 12.1 Å². The highest BCUT2D eigenvalue weighted by Crippen LogP contribution is 2.32. The molecule has 0 saturated carbocycles. The summed E-state index contributed by atoms with van der Waals surface area (Å²) in [5, 5.41) is 2.33. The molecule has 0 saturated heterocycles. The summed E-state index contributed by atoms with van der Waals surface area (Å²) in [6.07, 6.45) is 3.41. The average molecular weight is 438 g/mol. The zero-order chi connectivity index (χ0) is 22.7. The van der Waals surface area contributed by atoms with Crippen LogP contribution in [0.15, 0.2) is 72.8 Å². The normalized spacial score (nSPS) is 11.3. The number of unbranched alkanes of at least 4 members (excludes halogenated alkanes) is 1. The van der Waals surface area contributed by atoms with Crippen molar-refractivity contribution in [3.05, 3.63) is 90.0 Å². The van der Waals surface area contributed by atoms with Crippen molar-refractivity contribution in [1.29, 1.82) is 0 Å². The first-order valence-electron chi connectivity index (χ1n) is 10.5. The fraction of sp³-hybridized carbons (Fsp3) is 0.185. The molecule has 1 nitrogen and oxygen atoms in total. The number of halogens is 4. The second-order valence-electron chi connectivity index (χ2n) is 7.72. The third-order valence-electron chi connectivity index (χ3n) is 5.48. The molecule has 5 heteroatoms. The van der Waals surface area contributed by atoms with Gasteiger partial charge in [-0.05, 0) is 69.6 Å². The molecule has 0 aliphatic rings. The summed E-state index contributed by atoms with van der Waals surface area (Å²) in [5.41, 5.74) is 4.14. The molecule has 0 radical (unpaired) electrons. The number of fused-ring (bicyclic) bond motifs is 1. The Bertz CT molecular complexity index is 1210. The van der Waals surface area contributed by atoms with Crippen LogP contribution in [0.4, 0.5) is 17.6 Å². The first-order chi connectivity index (χ1) is 15.4. The van der Waals surface area contributed by atoms with E-state index in [0.29, 0.717) is 5.56 Å². The highest BCUT2D eigenvalue weighted by molar-refractivity contribution is 5.88. The first kappa shape index (κ1) is 21.9. The molecule has 164 valence electrons. The summed E-state index contributed by atoms with van der Waals surface area (Å²) in [5.74, 6) is -3.41. The molecule has 0 heterocycles. The van der Waals surface area contributed by atoms with Crippen LogP contribution in [0.5, 0.6) is 5.75 Å². The fourth-order valence-corrected chi connectivity index (χ4v) is 3.79. The van der Waals surface area contributed by atoms with Gasteiger partial charge in [0.15, 0.2) is 17.4 Å². The van der Waals surface area contributed by atoms with Crippen molar-refractivity contribution in [2.75, 3.05) is 0 Å². The third-order valence-corrected chi connectivity index (χ3v) is 5.48. The molecular formula is C27H22F4O. The summed E-state index contributed by atoms with van der Waals surface area (Å²) in [6.45, 7) is -1.11. The van der Waals surface area contributed by atoms with Crippen LogP contribution in [-0.2, 0) is 6.42 Å². The standard InChI is InChI=1S/C27H22F4O/c1-2-3-4-17-5-6-22-14-21(12-11-20(22)13-17)18-7-9-19(10-8-18)23-15-24(28)26(25(29)16-23)32-27(30)31/h5-16,27H,2-4H2,1H3. The molecule has 4 aromatic rings. The summed E-state index contributed by atoms with van der Waals surface area (Å²) in [7, 11) is 0. The van der Waals surface area contributed by atoms with E-state index >= 15 is 0 Å². The fourth-order valence-electron chi connectivity index (χ4n) is 3.79. The third kappa shape index (κ3) is 4.77. The molecule has 0 atom stereocenters. The Morgan fingerprint density at radius 1 is 0.688 bits per heavy atom. The van der Waals surface area contributed by atoms with Crippen LogP contribution >= 0.6 is 0 Å². The molecule has 0 spiro atoms. The Kier molecular flexibility index (Phi) is 6.45. The summed E-state index contributed by atoms with van der Waals surface area (Å²) in [6, 6.07) is 22.0. The van der Waals surface area contributed by atoms with Gasteiger partial charge in [-0.3, -0.25) is 0 Å². The topological polar surface area (TPSA) is 9.23 Å². The van der Waals surface area contributed by atoms with Gasteiger partial charge in [0.2, 0.25) is 0 Å². The van der Waals surface area contributed by atoms with E-state index in [-0.39, 0.29) is 5.56 Å². The van der Waals surface area contributed by atoms with Gasteiger partial charge < -0.3 is 4.74 Å². The lowest BCUT2D eigenvalue weighted by Gasteiger charge is -2.10. The van der Waals surface area contributed by atoms with Gasteiger partial charge in [-0.2, -0.15) is 8.78 Å². The van der Waals surface area contributed by atoms with Crippen LogP contribution in [-0.4, -0.2) is 6.61 Å². The molecule has 0 N–H and O–H groups in total. The van der Waals surface area contributed by atoms with Gasteiger partial charge in [-0.15, -0.1) is 0 Å². The number of aryl methyl sites for hydroxylation is 1. The van der Waals surface area contributed by atoms with Crippen LogP contribution in [0.2, 0.25) is 0 Å². The Morgan fingerprint density at radius 2 is 1.25 bits per heavy atom. The molecule has 0 bridgehead atoms. The monoisotopic (exact) mass is 438 g/mol. The minimum absolute atomic E-state index is 0.242. The van der Waals surface area contributed by atoms with Gasteiger partial charge in [0.05, 0.1) is 0 Å². The van der Waals surface area contributed by atoms with Crippen LogP contribution in [0.1, 0.15) is 25.3 Å². The number of ether oxygens (including phenoxy) is 1. The Labute approximate surface area is 184 Å². The lowest BCUT2D eigenvalue weighted by molar-refractivity contribution is -0.0546. The van der Waals surface area contributed by atoms with Gasteiger partial charge in [0.1, 0.15) is 0 Å². The molecule has 0 unspecified atom stereocenters. The lowest BCUT2D eigenvalue weighted by atomic mass is 9.97. The van der Waals surface area contributed by atoms with E-state index in [1.807, 2.05) is 12.1 Å². The molecule has 4 rings (SSSR count). The van der Waals surface area contributed by atoms with Gasteiger partial charge in [-0.1, -0.05) is 67.9 Å². The molecule has 32 heavy (non-hydrogen) atoms. The predicted molar refractivity (Wildman–Crippen MR) is 120 cm³/mol. The van der Waals surface area contributed by atoms with Crippen molar-refractivity contribution in [2.45, 2.75) is 32.8 Å². The number of benzene rings is 4. The minimum Gasteiger partial charge on any atom is -0.429 e. The van der Waals surface area contributed by atoms with Gasteiger partial charge in [0, 0.05) is 0 Å². The smallest absolute Gasteiger partial charge is 0.387 e. The van der Waals surface area contributed by atoms with E-state index in [9.17, 15) is 17.6 Å². The van der Waals surface area contributed by atoms with Gasteiger partial charge in [0.25, 0.3) is 0 Å². The van der Waals surface area contributed by atoms with E-state index in [4.69, 9.17) is 0 Å². The predicted octanol–water partition coefficient (Wildman–Crippen LogP) is 8.40. The van der Waals surface area contributed by atoms with E-state index in [2.05, 4.69) is 48.1 Å². The number of hydrogen-bond acceptors (Lipinski definition) is 1. The number of alkyl halides is 2. The van der Waals surface area contributed by atoms with Gasteiger partial charge >= 0.3 is 6.61 Å². The molecule has 0 aliphatic heterocycles. The van der Waals surface area contributed by atoms with E-state index in [1.165, 1.54) is 23.8 Å². The molecule has 0 aliphatic carbocycles. The second-order valence-corrected chi connectivity index (χ2v) is 7.72. The molecule has 0 aromatic heterocycles. The quantitative estimate of drug-likeness (QED) is 0.263. The minimum atomic E-state index is -3.30. The first-order valence-corrected chi connectivity index (χ1v) is 10.5. The lowest BCUT2D eigenvalue weighted by Crippen LogP contribution is -2.06. The van der Waals surface area contributed by atoms with Gasteiger partial charge in [-0.25, -0.2) is 8.78 Å². The number of rotatable bonds is 7. The molecular weight excluding hydrogens is 416 g/mol. The molecule has 4 aromatic carbocycles. The van der Waals surface area contributed by atoms with Crippen molar-refractivity contribution in [1.82, 2.24) is 0 Å². The van der Waals surface area contributed by atoms with Crippen LogP contribution in [0, 0.1) is 11.6 Å². The summed E-state index contributed by atoms with van der Waals surface area (Å²) < 4.78 is 56.7.